The standard InChI is InChI=1S/C24H24ClN5O2/c1-30-15-18(13-29-30)21-14-27-22(24(31)28-12-17-2-6-19(25)7-3-17)10-23(21)32-20-8-4-16(11-26)5-9-20/h2-3,6-7,10,13-16,20H,4-5,8-9,12H2,1H3,(H,28,31). The lowest BCUT2D eigenvalue weighted by molar-refractivity contribution is 0.0944. The minimum Gasteiger partial charge on any atom is -0.490 e. The second-order valence-corrected chi connectivity index (χ2v) is 8.43. The SMILES string of the molecule is Cn1cc(-c2cnc(C(=O)NCc3ccc(Cl)cc3)cc2OC2CCC(C#N)CC2)cn1. The quantitative estimate of drug-likeness (QED) is 0.596. The molecule has 0 atom stereocenters. The molecule has 4 rings (SSSR count). The molecule has 1 aliphatic rings. The summed E-state index contributed by atoms with van der Waals surface area (Å²) < 4.78 is 8.04. The molecule has 7 nitrogen and oxygen atoms in total. The van der Waals surface area contributed by atoms with Gasteiger partial charge in [0.25, 0.3) is 5.91 Å². The van der Waals surface area contributed by atoms with Crippen molar-refractivity contribution in [2.75, 3.05) is 0 Å². The van der Waals surface area contributed by atoms with Crippen molar-refractivity contribution in [2.45, 2.75) is 38.3 Å². The predicted octanol–water partition coefficient (Wildman–Crippen LogP) is 4.53. The molecule has 1 amide bonds. The number of halogens is 1. The zero-order valence-electron chi connectivity index (χ0n) is 17.8. The lowest BCUT2D eigenvalue weighted by Crippen LogP contribution is -2.25. The zero-order valence-corrected chi connectivity index (χ0v) is 18.5. The first-order valence-corrected chi connectivity index (χ1v) is 11.0. The smallest absolute Gasteiger partial charge is 0.270 e. The molecule has 1 fully saturated rings. The fourth-order valence-corrected chi connectivity index (χ4v) is 3.93. The van der Waals surface area contributed by atoms with Gasteiger partial charge in [-0.25, -0.2) is 0 Å². The molecule has 0 saturated heterocycles. The minimum atomic E-state index is -0.282. The van der Waals surface area contributed by atoms with Crippen molar-refractivity contribution < 1.29 is 9.53 Å². The van der Waals surface area contributed by atoms with Gasteiger partial charge in [0.2, 0.25) is 0 Å². The summed E-state index contributed by atoms with van der Waals surface area (Å²) in [5, 5.41) is 16.9. The van der Waals surface area contributed by atoms with E-state index >= 15 is 0 Å². The highest BCUT2D eigenvalue weighted by atomic mass is 35.5. The first-order chi connectivity index (χ1) is 15.5. The molecule has 0 bridgehead atoms. The highest BCUT2D eigenvalue weighted by molar-refractivity contribution is 6.30. The van der Waals surface area contributed by atoms with Crippen LogP contribution in [0.3, 0.4) is 0 Å². The van der Waals surface area contributed by atoms with Crippen molar-refractivity contribution in [3.05, 3.63) is 65.2 Å². The van der Waals surface area contributed by atoms with Gasteiger partial charge in [-0.1, -0.05) is 23.7 Å². The normalized spacial score (nSPS) is 18.0. The van der Waals surface area contributed by atoms with E-state index in [1.54, 1.807) is 35.3 Å². The molecule has 0 radical (unpaired) electrons. The Labute approximate surface area is 192 Å². The van der Waals surface area contributed by atoms with Gasteiger partial charge in [-0.3, -0.25) is 14.5 Å². The first kappa shape index (κ1) is 21.8. The number of amides is 1. The summed E-state index contributed by atoms with van der Waals surface area (Å²) in [6.45, 7) is 0.371. The summed E-state index contributed by atoms with van der Waals surface area (Å²) in [4.78, 5) is 17.1. The van der Waals surface area contributed by atoms with Crippen LogP contribution in [0.2, 0.25) is 5.02 Å². The lowest BCUT2D eigenvalue weighted by Gasteiger charge is -2.26. The Balaban J connectivity index is 1.53. The number of carbonyl (C=O) groups excluding carboxylic acids is 1. The number of hydrogen-bond donors (Lipinski definition) is 1. The third-order valence-electron chi connectivity index (χ3n) is 5.63. The summed E-state index contributed by atoms with van der Waals surface area (Å²) in [7, 11) is 1.85. The number of aryl methyl sites for hydroxylation is 1. The van der Waals surface area contributed by atoms with Crippen LogP contribution in [-0.4, -0.2) is 26.8 Å². The number of benzene rings is 1. The maximum Gasteiger partial charge on any atom is 0.270 e. The molecule has 0 spiro atoms. The Morgan fingerprint density at radius 2 is 2.00 bits per heavy atom. The molecule has 2 heterocycles. The number of nitrogens with one attached hydrogen (secondary N) is 1. The molecule has 1 aliphatic carbocycles. The van der Waals surface area contributed by atoms with Gasteiger partial charge in [-0.05, 0) is 43.4 Å². The van der Waals surface area contributed by atoms with Gasteiger partial charge in [0, 0.05) is 54.1 Å². The van der Waals surface area contributed by atoms with Crippen LogP contribution in [0.1, 0.15) is 41.7 Å². The van der Waals surface area contributed by atoms with E-state index < -0.39 is 0 Å². The fourth-order valence-electron chi connectivity index (χ4n) is 3.80. The predicted molar refractivity (Wildman–Crippen MR) is 121 cm³/mol. The van der Waals surface area contributed by atoms with E-state index in [0.29, 0.717) is 17.3 Å². The molecule has 1 aromatic carbocycles. The van der Waals surface area contributed by atoms with Crippen LogP contribution in [0.15, 0.2) is 48.9 Å². The summed E-state index contributed by atoms with van der Waals surface area (Å²) in [5.41, 5.74) is 2.89. The average Bonchev–Trinajstić information content (AvgIpc) is 3.25. The topological polar surface area (TPSA) is 92.8 Å². The van der Waals surface area contributed by atoms with E-state index in [4.69, 9.17) is 21.6 Å². The van der Waals surface area contributed by atoms with Crippen molar-refractivity contribution in [1.82, 2.24) is 20.1 Å². The Morgan fingerprint density at radius 3 is 2.66 bits per heavy atom. The summed E-state index contributed by atoms with van der Waals surface area (Å²) in [6.07, 6.45) is 8.56. The van der Waals surface area contributed by atoms with Gasteiger partial charge in [-0.15, -0.1) is 0 Å². The van der Waals surface area contributed by atoms with E-state index in [1.165, 1.54) is 0 Å². The average molecular weight is 450 g/mol. The third kappa shape index (κ3) is 5.27. The number of nitriles is 1. The van der Waals surface area contributed by atoms with Crippen molar-refractivity contribution >= 4 is 17.5 Å². The van der Waals surface area contributed by atoms with Crippen LogP contribution in [-0.2, 0) is 13.6 Å². The van der Waals surface area contributed by atoms with Crippen molar-refractivity contribution in [1.29, 1.82) is 5.26 Å². The molecule has 3 aromatic rings. The van der Waals surface area contributed by atoms with E-state index in [9.17, 15) is 4.79 Å². The minimum absolute atomic E-state index is 0.00222. The molecule has 8 heteroatoms. The number of nitrogens with zero attached hydrogens (tertiary/aromatic N) is 4. The number of ether oxygens (including phenoxy) is 1. The van der Waals surface area contributed by atoms with Crippen LogP contribution >= 0.6 is 11.6 Å². The van der Waals surface area contributed by atoms with Gasteiger partial charge >= 0.3 is 0 Å². The van der Waals surface area contributed by atoms with Gasteiger partial charge in [-0.2, -0.15) is 10.4 Å². The van der Waals surface area contributed by atoms with E-state index in [1.807, 2.05) is 25.4 Å². The van der Waals surface area contributed by atoms with Crippen LogP contribution in [0.4, 0.5) is 0 Å². The fraction of sp³-hybridized carbons (Fsp3) is 0.333. The summed E-state index contributed by atoms with van der Waals surface area (Å²) in [6, 6.07) is 11.4. The van der Waals surface area contributed by atoms with Gasteiger partial charge in [0.1, 0.15) is 11.4 Å². The molecule has 32 heavy (non-hydrogen) atoms. The van der Waals surface area contributed by atoms with Crippen LogP contribution in [0.5, 0.6) is 5.75 Å². The summed E-state index contributed by atoms with van der Waals surface area (Å²) >= 11 is 5.92. The van der Waals surface area contributed by atoms with Crippen molar-refractivity contribution in [2.24, 2.45) is 13.0 Å². The Morgan fingerprint density at radius 1 is 1.25 bits per heavy atom. The van der Waals surface area contributed by atoms with Crippen molar-refractivity contribution in [3.63, 3.8) is 0 Å². The van der Waals surface area contributed by atoms with Crippen LogP contribution in [0.25, 0.3) is 11.1 Å². The maximum absolute atomic E-state index is 12.8. The molecule has 0 aliphatic heterocycles. The molecule has 0 unspecified atom stereocenters. The maximum atomic E-state index is 12.8. The number of carbonyl (C=O) groups is 1. The van der Waals surface area contributed by atoms with E-state index in [0.717, 1.165) is 42.4 Å². The second kappa shape index (κ2) is 9.84. The Hall–Kier alpha value is -3.37. The largest absolute Gasteiger partial charge is 0.490 e. The second-order valence-electron chi connectivity index (χ2n) is 8.00. The molecule has 2 aromatic heterocycles. The Kier molecular flexibility index (Phi) is 6.72. The lowest BCUT2D eigenvalue weighted by atomic mass is 9.88. The highest BCUT2D eigenvalue weighted by Crippen LogP contribution is 2.34. The molecular formula is C24H24ClN5O2. The zero-order chi connectivity index (χ0) is 22.5. The summed E-state index contributed by atoms with van der Waals surface area (Å²) in [5.74, 6) is 0.417. The number of pyridine rings is 1. The molecule has 1 saturated carbocycles. The number of rotatable bonds is 6. The van der Waals surface area contributed by atoms with Crippen LogP contribution in [0, 0.1) is 17.2 Å². The van der Waals surface area contributed by atoms with Crippen LogP contribution < -0.4 is 10.1 Å². The number of aromatic nitrogens is 3. The molecular weight excluding hydrogens is 426 g/mol. The first-order valence-electron chi connectivity index (χ1n) is 10.6. The van der Waals surface area contributed by atoms with Gasteiger partial charge < -0.3 is 10.1 Å². The monoisotopic (exact) mass is 449 g/mol. The van der Waals surface area contributed by atoms with E-state index in [2.05, 4.69) is 21.5 Å². The highest BCUT2D eigenvalue weighted by Gasteiger charge is 2.24. The molecule has 1 N–H and O–H groups in total. The van der Waals surface area contributed by atoms with Gasteiger partial charge in [0.15, 0.2) is 0 Å². The number of hydrogen-bond acceptors (Lipinski definition) is 5. The van der Waals surface area contributed by atoms with E-state index in [-0.39, 0.29) is 23.6 Å². The van der Waals surface area contributed by atoms with Gasteiger partial charge in [0.05, 0.1) is 18.4 Å². The Bertz CT molecular complexity index is 1130. The third-order valence-corrected chi connectivity index (χ3v) is 5.88. The molecule has 164 valence electrons. The van der Waals surface area contributed by atoms with Crippen molar-refractivity contribution in [3.8, 4) is 22.9 Å².